The molecular weight excluding hydrogens is 375 g/mol. The minimum absolute atomic E-state index is 0.181. The molecule has 2 aromatic carbocycles. The minimum atomic E-state index is -4.65. The van der Waals surface area contributed by atoms with Crippen LogP contribution >= 0.6 is 0 Å². The van der Waals surface area contributed by atoms with Gasteiger partial charge in [-0.15, -0.1) is 0 Å². The number of hydrogen-bond donors (Lipinski definition) is 2. The minimum Gasteiger partial charge on any atom is -0.481 e. The Bertz CT molecular complexity index is 762. The van der Waals surface area contributed by atoms with E-state index in [1.165, 1.54) is 24.3 Å². The second-order valence-electron chi connectivity index (χ2n) is 5.75. The number of carboxylic acid groups (broad SMARTS) is 1. The van der Waals surface area contributed by atoms with Gasteiger partial charge >= 0.3 is 18.5 Å². The van der Waals surface area contributed by atoms with Crippen LogP contribution in [-0.2, 0) is 11.2 Å². The Labute approximate surface area is 150 Å². The number of carbonyl (C=O) groups is 1. The van der Waals surface area contributed by atoms with Gasteiger partial charge in [0, 0.05) is 0 Å². The van der Waals surface area contributed by atoms with Crippen LogP contribution in [0.2, 0.25) is 0 Å². The van der Waals surface area contributed by atoms with Gasteiger partial charge in [-0.25, -0.2) is 4.39 Å². The predicted octanol–water partition coefficient (Wildman–Crippen LogP) is 4.04. The molecule has 2 aromatic rings. The molecule has 0 bridgehead atoms. The molecule has 146 valence electrons. The van der Waals surface area contributed by atoms with Gasteiger partial charge in [0.15, 0.2) is 0 Å². The molecule has 9 heteroatoms. The zero-order valence-electron chi connectivity index (χ0n) is 13.7. The molecule has 0 radical (unpaired) electrons. The Morgan fingerprint density at radius 3 is 2.07 bits per heavy atom. The van der Waals surface area contributed by atoms with E-state index in [0.717, 1.165) is 24.3 Å². The number of rotatable bonds is 8. The summed E-state index contributed by atoms with van der Waals surface area (Å²) < 4.78 is 66.8. The first kappa shape index (κ1) is 20.6. The van der Waals surface area contributed by atoms with Crippen molar-refractivity contribution in [2.75, 3.05) is 0 Å². The molecule has 0 aliphatic carbocycles. The third-order valence-electron chi connectivity index (χ3n) is 3.80. The zero-order valence-corrected chi connectivity index (χ0v) is 13.7. The van der Waals surface area contributed by atoms with E-state index in [-0.39, 0.29) is 12.0 Å². The van der Waals surface area contributed by atoms with Gasteiger partial charge < -0.3 is 14.9 Å². The summed E-state index contributed by atoms with van der Waals surface area (Å²) in [6.45, 7) is 0. The number of benzene rings is 2. The number of alkyl halides is 4. The lowest BCUT2D eigenvalue weighted by Gasteiger charge is -2.20. The van der Waals surface area contributed by atoms with Gasteiger partial charge in [-0.3, -0.25) is 4.79 Å². The van der Waals surface area contributed by atoms with E-state index < -0.39 is 42.1 Å². The molecule has 2 N–H and O–H groups in total. The summed E-state index contributed by atoms with van der Waals surface area (Å²) in [5, 5.41) is 19.6. The Kier molecular flexibility index (Phi) is 6.37. The van der Waals surface area contributed by atoms with Crippen LogP contribution in [-0.4, -0.2) is 28.7 Å². The van der Waals surface area contributed by atoms with Crippen molar-refractivity contribution in [2.24, 2.45) is 5.92 Å². The predicted molar refractivity (Wildman–Crippen MR) is 84.2 cm³/mol. The fourth-order valence-corrected chi connectivity index (χ4v) is 2.38. The van der Waals surface area contributed by atoms with Gasteiger partial charge in [0.1, 0.15) is 11.6 Å². The van der Waals surface area contributed by atoms with E-state index >= 15 is 0 Å². The third-order valence-corrected chi connectivity index (χ3v) is 3.80. The largest absolute Gasteiger partial charge is 0.481 e. The smallest absolute Gasteiger partial charge is 0.461 e. The molecular formula is C18H15F5O4. The van der Waals surface area contributed by atoms with Crippen molar-refractivity contribution in [1.29, 1.82) is 0 Å². The average molecular weight is 390 g/mol. The van der Waals surface area contributed by atoms with Gasteiger partial charge in [-0.2, -0.15) is 17.6 Å². The van der Waals surface area contributed by atoms with Crippen molar-refractivity contribution in [3.63, 3.8) is 0 Å². The summed E-state index contributed by atoms with van der Waals surface area (Å²) in [7, 11) is 0. The molecule has 0 aliphatic heterocycles. The molecule has 0 fully saturated rings. The van der Waals surface area contributed by atoms with E-state index in [0.29, 0.717) is 5.56 Å². The van der Waals surface area contributed by atoms with E-state index in [1.807, 2.05) is 0 Å². The molecule has 0 saturated heterocycles. The first-order chi connectivity index (χ1) is 12.6. The maximum atomic E-state index is 13.0. The highest BCUT2D eigenvalue weighted by atomic mass is 19.3. The molecule has 4 nitrogen and oxygen atoms in total. The summed E-state index contributed by atoms with van der Waals surface area (Å²) in [6, 6.07) is 9.09. The number of aliphatic hydroxyl groups excluding tert-OH is 1. The van der Waals surface area contributed by atoms with Crippen molar-refractivity contribution < 1.29 is 41.7 Å². The van der Waals surface area contributed by atoms with Crippen molar-refractivity contribution in [3.8, 4) is 5.75 Å². The summed E-state index contributed by atoms with van der Waals surface area (Å²) in [5.74, 6) is -3.69. The Morgan fingerprint density at radius 2 is 1.59 bits per heavy atom. The number of carboxylic acids is 1. The van der Waals surface area contributed by atoms with Crippen LogP contribution < -0.4 is 4.74 Å². The highest BCUT2D eigenvalue weighted by Crippen LogP contribution is 2.29. The monoisotopic (exact) mass is 390 g/mol. The topological polar surface area (TPSA) is 66.8 Å². The highest BCUT2D eigenvalue weighted by Gasteiger charge is 2.43. The first-order valence-corrected chi connectivity index (χ1v) is 7.70. The van der Waals surface area contributed by atoms with Crippen molar-refractivity contribution in [3.05, 3.63) is 65.5 Å². The molecule has 0 saturated carbocycles. The molecule has 2 unspecified atom stereocenters. The summed E-state index contributed by atoms with van der Waals surface area (Å²) in [6.07, 6.45) is -10.3. The molecule has 0 aromatic heterocycles. The van der Waals surface area contributed by atoms with E-state index in [4.69, 9.17) is 0 Å². The molecule has 0 aliphatic rings. The lowest BCUT2D eigenvalue weighted by molar-refractivity contribution is -0.253. The maximum Gasteiger partial charge on any atom is 0.461 e. The number of aliphatic hydroxyl groups is 1. The Morgan fingerprint density at radius 1 is 1.04 bits per heavy atom. The number of aliphatic carboxylic acids is 1. The average Bonchev–Trinajstić information content (AvgIpc) is 2.60. The molecule has 27 heavy (non-hydrogen) atoms. The van der Waals surface area contributed by atoms with Gasteiger partial charge in [0.05, 0.1) is 12.0 Å². The Balaban J connectivity index is 2.12. The van der Waals surface area contributed by atoms with Crippen LogP contribution in [0.15, 0.2) is 48.5 Å². The number of halogens is 5. The highest BCUT2D eigenvalue weighted by molar-refractivity contribution is 5.71. The number of ether oxygens (including phenoxy) is 1. The van der Waals surface area contributed by atoms with E-state index in [2.05, 4.69) is 4.74 Å². The third kappa shape index (κ3) is 5.40. The molecule has 2 rings (SSSR count). The molecule has 0 heterocycles. The lowest BCUT2D eigenvalue weighted by Crippen LogP contribution is -2.33. The van der Waals surface area contributed by atoms with Gasteiger partial charge in [0.25, 0.3) is 0 Å². The van der Waals surface area contributed by atoms with Crippen LogP contribution in [0.25, 0.3) is 0 Å². The Hall–Kier alpha value is -2.68. The van der Waals surface area contributed by atoms with Crippen LogP contribution in [0.4, 0.5) is 22.0 Å². The van der Waals surface area contributed by atoms with Crippen molar-refractivity contribution >= 4 is 5.97 Å². The molecule has 2 atom stereocenters. The summed E-state index contributed by atoms with van der Waals surface area (Å²) in [5.41, 5.74) is 0.539. The fraction of sp³-hybridized carbons (Fsp3) is 0.278. The summed E-state index contributed by atoms with van der Waals surface area (Å²) >= 11 is 0. The second kappa shape index (κ2) is 8.34. The fourth-order valence-electron chi connectivity index (χ4n) is 2.38. The van der Waals surface area contributed by atoms with Gasteiger partial charge in [0.2, 0.25) is 0 Å². The summed E-state index contributed by atoms with van der Waals surface area (Å²) in [4.78, 5) is 11.5. The van der Waals surface area contributed by atoms with Crippen LogP contribution in [0.3, 0.4) is 0 Å². The quantitative estimate of drug-likeness (QED) is 0.668. The van der Waals surface area contributed by atoms with Gasteiger partial charge in [-0.1, -0.05) is 24.3 Å². The van der Waals surface area contributed by atoms with Crippen LogP contribution in [0.1, 0.15) is 17.2 Å². The van der Waals surface area contributed by atoms with E-state index in [9.17, 15) is 37.0 Å². The normalized spacial score (nSPS) is 14.0. The van der Waals surface area contributed by atoms with Gasteiger partial charge in [-0.05, 0) is 41.8 Å². The van der Waals surface area contributed by atoms with Crippen LogP contribution in [0.5, 0.6) is 5.75 Å². The maximum absolute atomic E-state index is 13.0. The zero-order chi connectivity index (χ0) is 20.2. The second-order valence-corrected chi connectivity index (χ2v) is 5.75. The number of hydrogen-bond acceptors (Lipinski definition) is 3. The molecule has 0 amide bonds. The standard InChI is InChI=1S/C18H15F5O4/c19-12-5-3-11(4-6-12)15(24)14(16(25)26)9-10-1-7-13(8-2-10)27-18(22,23)17(20)21/h1-8,14-15,17,24H,9H2,(H,25,26). The van der Waals surface area contributed by atoms with E-state index in [1.54, 1.807) is 0 Å². The van der Waals surface area contributed by atoms with Crippen molar-refractivity contribution in [2.45, 2.75) is 25.1 Å². The molecule has 0 spiro atoms. The van der Waals surface area contributed by atoms with Crippen LogP contribution in [0, 0.1) is 11.7 Å². The first-order valence-electron chi connectivity index (χ1n) is 7.70. The SMILES string of the molecule is O=C(O)C(Cc1ccc(OC(F)(F)C(F)F)cc1)C(O)c1ccc(F)cc1. The van der Waals surface area contributed by atoms with Crippen molar-refractivity contribution in [1.82, 2.24) is 0 Å². The lowest BCUT2D eigenvalue weighted by atomic mass is 9.90.